The molecule has 0 bridgehead atoms. The van der Waals surface area contributed by atoms with Crippen LogP contribution in [0, 0.1) is 6.92 Å². The zero-order valence-electron chi connectivity index (χ0n) is 11.8. The van der Waals surface area contributed by atoms with Crippen molar-refractivity contribution >= 4 is 23.7 Å². The highest BCUT2D eigenvalue weighted by molar-refractivity contribution is 6.30. The molecule has 0 radical (unpaired) electrons. The highest BCUT2D eigenvalue weighted by Crippen LogP contribution is 2.20. The molecule has 1 N–H and O–H groups in total. The molecule has 0 unspecified atom stereocenters. The fourth-order valence-corrected chi connectivity index (χ4v) is 2.03. The van der Waals surface area contributed by atoms with E-state index >= 15 is 0 Å². The van der Waals surface area contributed by atoms with E-state index in [-0.39, 0.29) is 5.91 Å². The quantitative estimate of drug-likeness (QED) is 0.695. The summed E-state index contributed by atoms with van der Waals surface area (Å²) in [6, 6.07) is 12.5. The first-order valence-corrected chi connectivity index (χ1v) is 6.72. The summed E-state index contributed by atoms with van der Waals surface area (Å²) in [7, 11) is 1.56. The molecule has 4 nitrogen and oxygen atoms in total. The molecule has 21 heavy (non-hydrogen) atoms. The second-order valence-electron chi connectivity index (χ2n) is 4.40. The number of hydrogen-bond acceptors (Lipinski definition) is 3. The molecule has 0 fully saturated rings. The molecule has 0 aliphatic heterocycles. The minimum atomic E-state index is -0.259. The van der Waals surface area contributed by atoms with Crippen LogP contribution in [-0.4, -0.2) is 19.2 Å². The number of carbonyl (C=O) groups excluding carboxylic acids is 1. The number of benzene rings is 2. The average molecular weight is 303 g/mol. The van der Waals surface area contributed by atoms with Gasteiger partial charge in [0.25, 0.3) is 5.91 Å². The van der Waals surface area contributed by atoms with Crippen LogP contribution in [0.4, 0.5) is 0 Å². The number of carbonyl (C=O) groups is 1. The number of ether oxygens (including phenoxy) is 1. The van der Waals surface area contributed by atoms with Crippen molar-refractivity contribution in [3.05, 3.63) is 64.2 Å². The van der Waals surface area contributed by atoms with Crippen LogP contribution in [0.2, 0.25) is 5.02 Å². The number of amides is 1. The van der Waals surface area contributed by atoms with Crippen molar-refractivity contribution in [3.8, 4) is 5.75 Å². The van der Waals surface area contributed by atoms with Crippen LogP contribution >= 0.6 is 11.6 Å². The summed E-state index contributed by atoms with van der Waals surface area (Å²) in [6.45, 7) is 1.87. The SMILES string of the molecule is COc1ccc(Cl)cc1/C=N/NC(=O)c1ccccc1C. The van der Waals surface area contributed by atoms with E-state index in [0.29, 0.717) is 21.9 Å². The fraction of sp³-hybridized carbons (Fsp3) is 0.125. The van der Waals surface area contributed by atoms with Gasteiger partial charge in [0.05, 0.1) is 13.3 Å². The monoisotopic (exact) mass is 302 g/mol. The lowest BCUT2D eigenvalue weighted by Crippen LogP contribution is -2.18. The smallest absolute Gasteiger partial charge is 0.271 e. The molecule has 5 heteroatoms. The molecular formula is C16H15ClN2O2. The first-order valence-electron chi connectivity index (χ1n) is 6.34. The summed E-state index contributed by atoms with van der Waals surface area (Å²) < 4.78 is 5.20. The summed E-state index contributed by atoms with van der Waals surface area (Å²) in [4.78, 5) is 12.0. The maximum absolute atomic E-state index is 12.0. The topological polar surface area (TPSA) is 50.7 Å². The Bertz CT molecular complexity index is 684. The van der Waals surface area contributed by atoms with Gasteiger partial charge in [-0.15, -0.1) is 0 Å². The maximum Gasteiger partial charge on any atom is 0.271 e. The van der Waals surface area contributed by atoms with Crippen LogP contribution in [-0.2, 0) is 0 Å². The zero-order chi connectivity index (χ0) is 15.2. The van der Waals surface area contributed by atoms with E-state index in [2.05, 4.69) is 10.5 Å². The first kappa shape index (κ1) is 15.1. The van der Waals surface area contributed by atoms with Gasteiger partial charge in [-0.2, -0.15) is 5.10 Å². The third-order valence-corrected chi connectivity index (χ3v) is 3.19. The Morgan fingerprint density at radius 2 is 2.05 bits per heavy atom. The number of hydrogen-bond donors (Lipinski definition) is 1. The highest BCUT2D eigenvalue weighted by atomic mass is 35.5. The minimum Gasteiger partial charge on any atom is -0.496 e. The second kappa shape index (κ2) is 6.90. The molecular weight excluding hydrogens is 288 g/mol. The lowest BCUT2D eigenvalue weighted by molar-refractivity contribution is 0.0954. The summed E-state index contributed by atoms with van der Waals surface area (Å²) in [5, 5.41) is 4.52. The van der Waals surface area contributed by atoms with E-state index < -0.39 is 0 Å². The van der Waals surface area contributed by atoms with E-state index in [1.54, 1.807) is 31.4 Å². The Morgan fingerprint density at radius 1 is 1.29 bits per heavy atom. The molecule has 0 saturated carbocycles. The van der Waals surface area contributed by atoms with E-state index in [1.807, 2.05) is 25.1 Å². The van der Waals surface area contributed by atoms with Crippen molar-refractivity contribution in [1.29, 1.82) is 0 Å². The normalized spacial score (nSPS) is 10.6. The van der Waals surface area contributed by atoms with Gasteiger partial charge < -0.3 is 4.74 Å². The Balaban J connectivity index is 2.11. The van der Waals surface area contributed by atoms with Crippen molar-refractivity contribution < 1.29 is 9.53 Å². The van der Waals surface area contributed by atoms with Crippen molar-refractivity contribution in [3.63, 3.8) is 0 Å². The van der Waals surface area contributed by atoms with Crippen LogP contribution < -0.4 is 10.2 Å². The van der Waals surface area contributed by atoms with Gasteiger partial charge in [-0.3, -0.25) is 4.79 Å². The third kappa shape index (κ3) is 3.83. The lowest BCUT2D eigenvalue weighted by Gasteiger charge is -2.05. The fourth-order valence-electron chi connectivity index (χ4n) is 1.85. The number of hydrazone groups is 1. The molecule has 0 atom stereocenters. The van der Waals surface area contributed by atoms with Crippen molar-refractivity contribution in [2.75, 3.05) is 7.11 Å². The van der Waals surface area contributed by atoms with Crippen LogP contribution in [0.25, 0.3) is 0 Å². The van der Waals surface area contributed by atoms with Crippen molar-refractivity contribution in [1.82, 2.24) is 5.43 Å². The Kier molecular flexibility index (Phi) is 4.95. The van der Waals surface area contributed by atoms with Gasteiger partial charge in [0.1, 0.15) is 5.75 Å². The molecule has 1 amide bonds. The number of nitrogens with zero attached hydrogens (tertiary/aromatic N) is 1. The van der Waals surface area contributed by atoms with Crippen LogP contribution in [0.3, 0.4) is 0 Å². The summed E-state index contributed by atoms with van der Waals surface area (Å²) in [5.74, 6) is 0.374. The summed E-state index contributed by atoms with van der Waals surface area (Å²) in [5.41, 5.74) is 4.67. The van der Waals surface area contributed by atoms with Crippen molar-refractivity contribution in [2.24, 2.45) is 5.10 Å². The molecule has 0 heterocycles. The number of methoxy groups -OCH3 is 1. The zero-order valence-corrected chi connectivity index (χ0v) is 12.5. The molecule has 2 aromatic rings. The third-order valence-electron chi connectivity index (χ3n) is 2.95. The molecule has 0 aromatic heterocycles. The van der Waals surface area contributed by atoms with Gasteiger partial charge in [0, 0.05) is 16.1 Å². The van der Waals surface area contributed by atoms with Crippen LogP contribution in [0.15, 0.2) is 47.6 Å². The highest BCUT2D eigenvalue weighted by Gasteiger charge is 2.06. The second-order valence-corrected chi connectivity index (χ2v) is 4.84. The van der Waals surface area contributed by atoms with E-state index in [4.69, 9.17) is 16.3 Å². The van der Waals surface area contributed by atoms with Crippen LogP contribution in [0.1, 0.15) is 21.5 Å². The molecule has 0 aliphatic carbocycles. The van der Waals surface area contributed by atoms with Gasteiger partial charge in [-0.05, 0) is 36.8 Å². The van der Waals surface area contributed by atoms with Gasteiger partial charge in [-0.1, -0.05) is 29.8 Å². The Labute approximate surface area is 128 Å². The van der Waals surface area contributed by atoms with Gasteiger partial charge >= 0.3 is 0 Å². The van der Waals surface area contributed by atoms with Gasteiger partial charge in [0.15, 0.2) is 0 Å². The summed E-state index contributed by atoms with van der Waals surface area (Å²) >= 11 is 5.93. The van der Waals surface area contributed by atoms with Crippen LogP contribution in [0.5, 0.6) is 5.75 Å². The number of aryl methyl sites for hydroxylation is 1. The molecule has 2 aromatic carbocycles. The Morgan fingerprint density at radius 3 is 2.76 bits per heavy atom. The largest absolute Gasteiger partial charge is 0.496 e. The summed E-state index contributed by atoms with van der Waals surface area (Å²) in [6.07, 6.45) is 1.50. The lowest BCUT2D eigenvalue weighted by atomic mass is 10.1. The first-order chi connectivity index (χ1) is 10.1. The molecule has 0 saturated heterocycles. The number of halogens is 1. The number of rotatable bonds is 4. The van der Waals surface area contributed by atoms with E-state index in [9.17, 15) is 4.79 Å². The van der Waals surface area contributed by atoms with E-state index in [0.717, 1.165) is 5.56 Å². The standard InChI is InChI=1S/C16H15ClN2O2/c1-11-5-3-4-6-14(11)16(20)19-18-10-12-9-13(17)7-8-15(12)21-2/h3-10H,1-2H3,(H,19,20)/b18-10+. The predicted molar refractivity (Wildman–Crippen MR) is 84.2 cm³/mol. The molecule has 108 valence electrons. The van der Waals surface area contributed by atoms with E-state index in [1.165, 1.54) is 6.21 Å². The molecule has 2 rings (SSSR count). The predicted octanol–water partition coefficient (Wildman–Crippen LogP) is 3.42. The Hall–Kier alpha value is -2.33. The number of nitrogens with one attached hydrogen (secondary N) is 1. The van der Waals surface area contributed by atoms with Gasteiger partial charge in [0.2, 0.25) is 0 Å². The molecule has 0 aliphatic rings. The van der Waals surface area contributed by atoms with Gasteiger partial charge in [-0.25, -0.2) is 5.43 Å². The molecule has 0 spiro atoms. The van der Waals surface area contributed by atoms with Crippen molar-refractivity contribution in [2.45, 2.75) is 6.92 Å². The maximum atomic E-state index is 12.0. The average Bonchev–Trinajstić information content (AvgIpc) is 2.48. The minimum absolute atomic E-state index is 0.259.